The fraction of sp³-hybridized carbons (Fsp3) is 0.421. The highest BCUT2D eigenvalue weighted by molar-refractivity contribution is 7.13. The van der Waals surface area contributed by atoms with Gasteiger partial charge < -0.3 is 4.90 Å². The van der Waals surface area contributed by atoms with E-state index in [1.807, 2.05) is 4.90 Å². The minimum atomic E-state index is 0.0524. The van der Waals surface area contributed by atoms with E-state index in [-0.39, 0.29) is 11.7 Å². The van der Waals surface area contributed by atoms with E-state index in [1.54, 1.807) is 35.6 Å². The van der Waals surface area contributed by atoms with Gasteiger partial charge in [0.1, 0.15) is 5.01 Å². The average molecular weight is 390 g/mol. The lowest BCUT2D eigenvalue weighted by Crippen LogP contribution is -2.48. The Labute approximate surface area is 161 Å². The van der Waals surface area contributed by atoms with Crippen LogP contribution in [0, 0.1) is 0 Å². The maximum Gasteiger partial charge on any atom is 0.253 e. The number of amides is 1. The molecule has 2 heterocycles. The maximum absolute atomic E-state index is 12.6. The number of thiazole rings is 1. The van der Waals surface area contributed by atoms with Crippen LogP contribution in [0.1, 0.15) is 43.6 Å². The van der Waals surface area contributed by atoms with Gasteiger partial charge in [-0.1, -0.05) is 11.6 Å². The van der Waals surface area contributed by atoms with E-state index in [1.165, 1.54) is 0 Å². The number of aryl methyl sites for hydroxylation is 1. The number of nitrogens with zero attached hydrogens (tertiary/aromatic N) is 3. The number of hydrogen-bond acceptors (Lipinski definition) is 5. The Bertz CT molecular complexity index is 826. The number of halogens is 1. The van der Waals surface area contributed by atoms with Crippen LogP contribution in [-0.2, 0) is 13.0 Å². The first-order chi connectivity index (χ1) is 12.6. The first kappa shape index (κ1) is 17.6. The zero-order valence-electron chi connectivity index (χ0n) is 14.4. The lowest BCUT2D eigenvalue weighted by molar-refractivity contribution is 0.0628. The molecule has 1 aliphatic carbocycles. The van der Waals surface area contributed by atoms with Crippen LogP contribution in [0.2, 0.25) is 5.02 Å². The Balaban J connectivity index is 1.34. The summed E-state index contributed by atoms with van der Waals surface area (Å²) in [5, 5.41) is 1.65. The molecule has 0 N–H and O–H groups in total. The number of ketones is 1. The summed E-state index contributed by atoms with van der Waals surface area (Å²) in [4.78, 5) is 34.3. The van der Waals surface area contributed by atoms with Gasteiger partial charge in [-0.15, -0.1) is 11.3 Å². The van der Waals surface area contributed by atoms with Gasteiger partial charge in [0.2, 0.25) is 0 Å². The van der Waals surface area contributed by atoms with E-state index in [4.69, 9.17) is 11.6 Å². The van der Waals surface area contributed by atoms with Gasteiger partial charge in [-0.25, -0.2) is 4.98 Å². The number of fused-ring (bicyclic) bond motifs is 1. The van der Waals surface area contributed by atoms with Crippen LogP contribution in [0.4, 0.5) is 0 Å². The molecule has 4 rings (SSSR count). The van der Waals surface area contributed by atoms with Crippen LogP contribution in [0.25, 0.3) is 0 Å². The van der Waals surface area contributed by atoms with Gasteiger partial charge in [0.25, 0.3) is 5.91 Å². The lowest BCUT2D eigenvalue weighted by atomic mass is 10.0. The number of carbonyl (C=O) groups excluding carboxylic acids is 2. The molecule has 1 aromatic heterocycles. The number of piperazine rings is 1. The number of aromatic nitrogens is 1. The number of carbonyl (C=O) groups is 2. The molecule has 0 bridgehead atoms. The van der Waals surface area contributed by atoms with Crippen molar-refractivity contribution in [1.29, 1.82) is 0 Å². The highest BCUT2D eigenvalue weighted by Gasteiger charge is 2.25. The molecule has 1 aliphatic heterocycles. The molecule has 0 radical (unpaired) electrons. The van der Waals surface area contributed by atoms with Crippen molar-refractivity contribution in [3.63, 3.8) is 0 Å². The molecule has 1 saturated heterocycles. The zero-order valence-corrected chi connectivity index (χ0v) is 16.0. The summed E-state index contributed by atoms with van der Waals surface area (Å²) in [6.07, 6.45) is 2.49. The Hall–Kier alpha value is -1.76. The molecule has 26 heavy (non-hydrogen) atoms. The third-order valence-electron chi connectivity index (χ3n) is 4.92. The molecule has 0 saturated carbocycles. The van der Waals surface area contributed by atoms with Gasteiger partial charge in [0.05, 0.1) is 17.1 Å². The summed E-state index contributed by atoms with van der Waals surface area (Å²) >= 11 is 7.43. The van der Waals surface area contributed by atoms with Crippen molar-refractivity contribution in [3.05, 3.63) is 50.4 Å². The lowest BCUT2D eigenvalue weighted by Gasteiger charge is -2.34. The van der Waals surface area contributed by atoms with Gasteiger partial charge in [0.15, 0.2) is 5.78 Å². The van der Waals surface area contributed by atoms with Crippen molar-refractivity contribution < 1.29 is 9.59 Å². The highest BCUT2D eigenvalue weighted by Crippen LogP contribution is 2.27. The molecule has 0 spiro atoms. The Morgan fingerprint density at radius 1 is 1.12 bits per heavy atom. The van der Waals surface area contributed by atoms with Crippen LogP contribution in [0.3, 0.4) is 0 Å². The van der Waals surface area contributed by atoms with Gasteiger partial charge in [0, 0.05) is 43.2 Å². The van der Waals surface area contributed by atoms with Gasteiger partial charge in [-0.05, 0) is 37.1 Å². The van der Waals surface area contributed by atoms with E-state index in [0.717, 1.165) is 48.1 Å². The molecule has 2 aliphatic rings. The Kier molecular flexibility index (Phi) is 5.07. The number of benzene rings is 1. The van der Waals surface area contributed by atoms with Crippen molar-refractivity contribution in [3.8, 4) is 0 Å². The fourth-order valence-corrected chi connectivity index (χ4v) is 4.71. The Morgan fingerprint density at radius 3 is 2.54 bits per heavy atom. The average Bonchev–Trinajstić information content (AvgIpc) is 3.06. The maximum atomic E-state index is 12.6. The summed E-state index contributed by atoms with van der Waals surface area (Å²) in [7, 11) is 0. The van der Waals surface area contributed by atoms with Crippen molar-refractivity contribution in [1.82, 2.24) is 14.8 Å². The largest absolute Gasteiger partial charge is 0.336 e. The monoisotopic (exact) mass is 389 g/mol. The molecular formula is C19H20ClN3O2S. The van der Waals surface area contributed by atoms with Crippen molar-refractivity contribution in [2.24, 2.45) is 0 Å². The number of hydrogen-bond donors (Lipinski definition) is 0. The first-order valence-corrected chi connectivity index (χ1v) is 10.1. The second-order valence-electron chi connectivity index (χ2n) is 6.74. The van der Waals surface area contributed by atoms with E-state index < -0.39 is 0 Å². The molecule has 136 valence electrons. The van der Waals surface area contributed by atoms with E-state index in [9.17, 15) is 9.59 Å². The number of Topliss-reactive ketones (excluding diaryl/α,β-unsaturated/α-hetero) is 1. The standard InChI is InChI=1S/C19H20ClN3O2S/c20-14-6-4-13(5-7-14)19(25)23-10-8-22(9-11-23)12-17-21-15-2-1-3-16(24)18(15)26-17/h4-7H,1-3,8-12H2. The summed E-state index contributed by atoms with van der Waals surface area (Å²) in [5.74, 6) is 0.296. The van der Waals surface area contributed by atoms with Crippen molar-refractivity contribution in [2.75, 3.05) is 26.2 Å². The molecule has 0 atom stereocenters. The second kappa shape index (κ2) is 7.47. The fourth-order valence-electron chi connectivity index (χ4n) is 3.46. The second-order valence-corrected chi connectivity index (χ2v) is 8.26. The number of rotatable bonds is 3. The third kappa shape index (κ3) is 3.68. The van der Waals surface area contributed by atoms with Gasteiger partial charge in [-0.2, -0.15) is 0 Å². The van der Waals surface area contributed by atoms with E-state index in [0.29, 0.717) is 30.1 Å². The Morgan fingerprint density at radius 2 is 1.85 bits per heavy atom. The van der Waals surface area contributed by atoms with E-state index >= 15 is 0 Å². The summed E-state index contributed by atoms with van der Waals surface area (Å²) in [6, 6.07) is 7.04. The van der Waals surface area contributed by atoms with Crippen molar-refractivity contribution >= 4 is 34.6 Å². The predicted octanol–water partition coefficient (Wildman–Crippen LogP) is 3.27. The van der Waals surface area contributed by atoms with Crippen LogP contribution in [0.15, 0.2) is 24.3 Å². The minimum absolute atomic E-state index is 0.0524. The smallest absolute Gasteiger partial charge is 0.253 e. The predicted molar refractivity (Wildman–Crippen MR) is 102 cm³/mol. The SMILES string of the molecule is O=C1CCCc2nc(CN3CCN(C(=O)c4ccc(Cl)cc4)CC3)sc21. The summed E-state index contributed by atoms with van der Waals surface area (Å²) in [6.45, 7) is 3.79. The van der Waals surface area contributed by atoms with Crippen LogP contribution >= 0.6 is 22.9 Å². The molecule has 0 unspecified atom stereocenters. The summed E-state index contributed by atoms with van der Waals surface area (Å²) < 4.78 is 0. The molecule has 1 fully saturated rings. The summed E-state index contributed by atoms with van der Waals surface area (Å²) in [5.41, 5.74) is 1.66. The highest BCUT2D eigenvalue weighted by atomic mass is 35.5. The molecule has 1 amide bonds. The molecule has 5 nitrogen and oxygen atoms in total. The van der Waals surface area contributed by atoms with Crippen LogP contribution < -0.4 is 0 Å². The van der Waals surface area contributed by atoms with Crippen LogP contribution in [0.5, 0.6) is 0 Å². The minimum Gasteiger partial charge on any atom is -0.336 e. The normalized spacial score (nSPS) is 18.0. The quantitative estimate of drug-likeness (QED) is 0.808. The first-order valence-electron chi connectivity index (χ1n) is 8.89. The van der Waals surface area contributed by atoms with Crippen LogP contribution in [-0.4, -0.2) is 52.7 Å². The third-order valence-corrected chi connectivity index (χ3v) is 6.30. The van der Waals surface area contributed by atoms with Gasteiger partial charge in [-0.3, -0.25) is 14.5 Å². The molecule has 2 aromatic rings. The zero-order chi connectivity index (χ0) is 18.1. The van der Waals surface area contributed by atoms with Crippen molar-refractivity contribution in [2.45, 2.75) is 25.8 Å². The van der Waals surface area contributed by atoms with E-state index in [2.05, 4.69) is 9.88 Å². The molecular weight excluding hydrogens is 370 g/mol. The topological polar surface area (TPSA) is 53.5 Å². The van der Waals surface area contributed by atoms with Gasteiger partial charge >= 0.3 is 0 Å². The molecule has 1 aromatic carbocycles. The molecule has 7 heteroatoms.